The van der Waals surface area contributed by atoms with Crippen LogP contribution in [0.15, 0.2) is 24.3 Å². The minimum absolute atomic E-state index is 0.0721. The van der Waals surface area contributed by atoms with E-state index in [2.05, 4.69) is 45.1 Å². The molecule has 0 heterocycles. The SMILES string of the molecule is CCCCC/C=C\CCCCCCCC(=O)OCC(COC(=O)CCCCCCCCC/C=C\CCCCCCCCC)OC(=O)CCCCCCCCCCCCCCCCCC. The van der Waals surface area contributed by atoms with Gasteiger partial charge in [-0.25, -0.2) is 0 Å². The maximum Gasteiger partial charge on any atom is 0.306 e. The fourth-order valence-corrected chi connectivity index (χ4v) is 8.37. The molecule has 0 rings (SSSR count). The van der Waals surface area contributed by atoms with Crippen molar-refractivity contribution in [1.29, 1.82) is 0 Å². The molecule has 0 aliphatic carbocycles. The summed E-state index contributed by atoms with van der Waals surface area (Å²) in [6, 6.07) is 0. The maximum absolute atomic E-state index is 12.8. The first-order valence-corrected chi connectivity index (χ1v) is 28.3. The van der Waals surface area contributed by atoms with Crippen molar-refractivity contribution in [1.82, 2.24) is 0 Å². The number of esters is 3. The Balaban J connectivity index is 4.32. The van der Waals surface area contributed by atoms with Gasteiger partial charge in [0.15, 0.2) is 6.10 Å². The van der Waals surface area contributed by atoms with Gasteiger partial charge >= 0.3 is 17.9 Å². The van der Waals surface area contributed by atoms with Gasteiger partial charge in [0.2, 0.25) is 0 Å². The fourth-order valence-electron chi connectivity index (χ4n) is 8.37. The third-order valence-electron chi connectivity index (χ3n) is 12.7. The van der Waals surface area contributed by atoms with E-state index in [1.54, 1.807) is 0 Å². The number of unbranched alkanes of at least 4 members (excludes halogenated alkanes) is 37. The van der Waals surface area contributed by atoms with Crippen molar-refractivity contribution in [3.8, 4) is 0 Å². The second kappa shape index (κ2) is 53.5. The molecule has 6 nitrogen and oxygen atoms in total. The first-order chi connectivity index (χ1) is 31.5. The quantitative estimate of drug-likeness (QED) is 0.0262. The Morgan fingerprint density at radius 1 is 0.297 bits per heavy atom. The zero-order valence-corrected chi connectivity index (χ0v) is 43.1. The molecule has 0 amide bonds. The fraction of sp³-hybridized carbons (Fsp3) is 0.879. The van der Waals surface area contributed by atoms with Gasteiger partial charge in [-0.15, -0.1) is 0 Å². The Hall–Kier alpha value is -2.11. The van der Waals surface area contributed by atoms with Crippen molar-refractivity contribution in [2.24, 2.45) is 0 Å². The molecule has 0 saturated carbocycles. The molecule has 0 spiro atoms. The molecule has 0 aliphatic rings. The van der Waals surface area contributed by atoms with E-state index < -0.39 is 6.10 Å². The summed E-state index contributed by atoms with van der Waals surface area (Å²) < 4.78 is 16.8. The molecule has 0 N–H and O–H groups in total. The summed E-state index contributed by atoms with van der Waals surface area (Å²) in [5.41, 5.74) is 0. The monoisotopic (exact) mass is 901 g/mol. The van der Waals surface area contributed by atoms with E-state index in [0.29, 0.717) is 19.3 Å². The molecule has 1 unspecified atom stereocenters. The number of allylic oxidation sites excluding steroid dienone is 4. The van der Waals surface area contributed by atoms with E-state index in [-0.39, 0.29) is 31.1 Å². The Morgan fingerprint density at radius 3 is 0.812 bits per heavy atom. The van der Waals surface area contributed by atoms with E-state index in [9.17, 15) is 14.4 Å². The van der Waals surface area contributed by atoms with Gasteiger partial charge in [-0.2, -0.15) is 0 Å². The standard InChI is InChI=1S/C58H108O6/c1-4-7-10-13-16-19-22-25-27-29-30-32-33-36-39-42-45-48-51-57(60)63-54-55(53-62-56(59)50-47-44-41-38-35-24-21-18-15-12-9-6-3)64-58(61)52-49-46-43-40-37-34-31-28-26-23-20-17-14-11-8-5-2/h18,21,27,29,55H,4-17,19-20,22-26,28,30-54H2,1-3H3/b21-18-,29-27-. The largest absolute Gasteiger partial charge is 0.462 e. The van der Waals surface area contributed by atoms with Crippen LogP contribution in [0.2, 0.25) is 0 Å². The lowest BCUT2D eigenvalue weighted by molar-refractivity contribution is -0.167. The predicted octanol–water partition coefficient (Wildman–Crippen LogP) is 18.7. The Kier molecular flexibility index (Phi) is 51.7. The summed E-state index contributed by atoms with van der Waals surface area (Å²) in [7, 11) is 0. The van der Waals surface area contributed by atoms with Crippen molar-refractivity contribution < 1.29 is 28.6 Å². The van der Waals surface area contributed by atoms with Crippen molar-refractivity contribution in [3.63, 3.8) is 0 Å². The molecule has 0 aromatic carbocycles. The number of hydrogen-bond donors (Lipinski definition) is 0. The highest BCUT2D eigenvalue weighted by atomic mass is 16.6. The van der Waals surface area contributed by atoms with Crippen LogP contribution < -0.4 is 0 Å². The number of carbonyl (C=O) groups is 3. The highest BCUT2D eigenvalue weighted by molar-refractivity contribution is 5.71. The number of carbonyl (C=O) groups excluding carboxylic acids is 3. The van der Waals surface area contributed by atoms with Crippen LogP contribution in [0.25, 0.3) is 0 Å². The van der Waals surface area contributed by atoms with Crippen molar-refractivity contribution >= 4 is 17.9 Å². The molecule has 1 atom stereocenters. The normalized spacial score (nSPS) is 12.1. The molecule has 6 heteroatoms. The minimum Gasteiger partial charge on any atom is -0.462 e. The Labute approximate surface area is 398 Å². The lowest BCUT2D eigenvalue weighted by Crippen LogP contribution is -2.30. The molecule has 0 saturated heterocycles. The zero-order chi connectivity index (χ0) is 46.5. The summed E-state index contributed by atoms with van der Waals surface area (Å²) >= 11 is 0. The number of ether oxygens (including phenoxy) is 3. The minimum atomic E-state index is -0.772. The van der Waals surface area contributed by atoms with Crippen LogP contribution in [-0.4, -0.2) is 37.2 Å². The molecular formula is C58H108O6. The van der Waals surface area contributed by atoms with Gasteiger partial charge in [0.25, 0.3) is 0 Å². The molecular weight excluding hydrogens is 793 g/mol. The molecule has 376 valence electrons. The van der Waals surface area contributed by atoms with Crippen molar-refractivity contribution in [3.05, 3.63) is 24.3 Å². The first-order valence-electron chi connectivity index (χ1n) is 28.3. The van der Waals surface area contributed by atoms with Crippen LogP contribution in [0.1, 0.15) is 310 Å². The average molecular weight is 901 g/mol. The van der Waals surface area contributed by atoms with Gasteiger partial charge in [-0.1, -0.05) is 244 Å². The molecule has 0 bridgehead atoms. The lowest BCUT2D eigenvalue weighted by atomic mass is 10.0. The van der Waals surface area contributed by atoms with E-state index >= 15 is 0 Å². The van der Waals surface area contributed by atoms with Crippen LogP contribution in [0.5, 0.6) is 0 Å². The van der Waals surface area contributed by atoms with Gasteiger partial charge in [0, 0.05) is 19.3 Å². The van der Waals surface area contributed by atoms with E-state index in [4.69, 9.17) is 14.2 Å². The molecule has 0 radical (unpaired) electrons. The predicted molar refractivity (Wildman–Crippen MR) is 275 cm³/mol. The van der Waals surface area contributed by atoms with Crippen LogP contribution >= 0.6 is 0 Å². The third kappa shape index (κ3) is 50.9. The first kappa shape index (κ1) is 61.9. The van der Waals surface area contributed by atoms with E-state index in [1.165, 1.54) is 205 Å². The van der Waals surface area contributed by atoms with Crippen molar-refractivity contribution in [2.45, 2.75) is 316 Å². The second-order valence-electron chi connectivity index (χ2n) is 19.2. The molecule has 0 fully saturated rings. The summed E-state index contributed by atoms with van der Waals surface area (Å²) in [4.78, 5) is 38.1. The van der Waals surface area contributed by atoms with Crippen LogP contribution in [0.4, 0.5) is 0 Å². The van der Waals surface area contributed by atoms with E-state index in [0.717, 1.165) is 64.2 Å². The summed E-state index contributed by atoms with van der Waals surface area (Å²) in [6.45, 7) is 6.65. The Bertz CT molecular complexity index is 1040. The van der Waals surface area contributed by atoms with E-state index in [1.807, 2.05) is 0 Å². The lowest BCUT2D eigenvalue weighted by Gasteiger charge is -2.18. The van der Waals surface area contributed by atoms with Gasteiger partial charge in [-0.3, -0.25) is 14.4 Å². The van der Waals surface area contributed by atoms with Gasteiger partial charge in [-0.05, 0) is 70.6 Å². The second-order valence-corrected chi connectivity index (χ2v) is 19.2. The molecule has 0 aromatic heterocycles. The summed E-state index contributed by atoms with van der Waals surface area (Å²) in [5.74, 6) is -0.867. The average Bonchev–Trinajstić information content (AvgIpc) is 3.29. The Morgan fingerprint density at radius 2 is 0.516 bits per heavy atom. The van der Waals surface area contributed by atoms with Crippen molar-refractivity contribution in [2.75, 3.05) is 13.2 Å². The van der Waals surface area contributed by atoms with Gasteiger partial charge in [0.05, 0.1) is 0 Å². The molecule has 0 aliphatic heterocycles. The van der Waals surface area contributed by atoms with Crippen LogP contribution in [-0.2, 0) is 28.6 Å². The van der Waals surface area contributed by atoms with Crippen LogP contribution in [0, 0.1) is 0 Å². The number of hydrogen-bond acceptors (Lipinski definition) is 6. The topological polar surface area (TPSA) is 78.9 Å². The smallest absolute Gasteiger partial charge is 0.306 e. The van der Waals surface area contributed by atoms with Gasteiger partial charge in [0.1, 0.15) is 13.2 Å². The van der Waals surface area contributed by atoms with Gasteiger partial charge < -0.3 is 14.2 Å². The van der Waals surface area contributed by atoms with Crippen LogP contribution in [0.3, 0.4) is 0 Å². The molecule has 64 heavy (non-hydrogen) atoms. The third-order valence-corrected chi connectivity index (χ3v) is 12.7. The number of rotatable bonds is 52. The summed E-state index contributed by atoms with van der Waals surface area (Å²) in [5, 5.41) is 0. The highest BCUT2D eigenvalue weighted by Crippen LogP contribution is 2.16. The molecule has 0 aromatic rings. The highest BCUT2D eigenvalue weighted by Gasteiger charge is 2.19. The maximum atomic E-state index is 12.8. The summed E-state index contributed by atoms with van der Waals surface area (Å²) in [6.07, 6.45) is 61.6. The zero-order valence-electron chi connectivity index (χ0n) is 43.1.